The molecule has 1 aliphatic heterocycles. The van der Waals surface area contributed by atoms with E-state index in [-0.39, 0.29) is 5.78 Å². The molecule has 126 valence electrons. The van der Waals surface area contributed by atoms with Gasteiger partial charge in [0.1, 0.15) is 0 Å². The Morgan fingerprint density at radius 3 is 2.88 bits per heavy atom. The molecule has 25 heavy (non-hydrogen) atoms. The Bertz CT molecular complexity index is 1070. The van der Waals surface area contributed by atoms with E-state index in [4.69, 9.17) is 16.0 Å². The lowest BCUT2D eigenvalue weighted by atomic mass is 10.0. The van der Waals surface area contributed by atoms with Crippen LogP contribution in [0.1, 0.15) is 15.9 Å². The summed E-state index contributed by atoms with van der Waals surface area (Å²) in [4.78, 5) is 29.2. The van der Waals surface area contributed by atoms with Crippen LogP contribution >= 0.6 is 23.4 Å². The van der Waals surface area contributed by atoms with Crippen LogP contribution in [-0.2, 0) is 6.54 Å². The van der Waals surface area contributed by atoms with Crippen molar-refractivity contribution < 1.29 is 9.21 Å². The summed E-state index contributed by atoms with van der Waals surface area (Å²) in [5.41, 5.74) is 1.87. The lowest BCUT2D eigenvalue weighted by Crippen LogP contribution is -2.17. The second-order valence-corrected chi connectivity index (χ2v) is 7.14. The van der Waals surface area contributed by atoms with Gasteiger partial charge in [-0.05, 0) is 30.3 Å². The monoisotopic (exact) mass is 372 g/mol. The molecule has 4 rings (SSSR count). The number of benzene rings is 2. The van der Waals surface area contributed by atoms with Gasteiger partial charge in [0.2, 0.25) is 0 Å². The van der Waals surface area contributed by atoms with Crippen molar-refractivity contribution in [3.05, 3.63) is 69.2 Å². The zero-order valence-corrected chi connectivity index (χ0v) is 14.6. The van der Waals surface area contributed by atoms with E-state index < -0.39 is 5.76 Å². The molecule has 0 radical (unpaired) electrons. The van der Waals surface area contributed by atoms with Gasteiger partial charge in [-0.25, -0.2) is 4.79 Å². The van der Waals surface area contributed by atoms with Crippen molar-refractivity contribution in [1.29, 1.82) is 0 Å². The van der Waals surface area contributed by atoms with Crippen LogP contribution in [0.15, 0.2) is 56.7 Å². The Hall–Kier alpha value is -2.31. The summed E-state index contributed by atoms with van der Waals surface area (Å²) in [6.07, 6.45) is 0. The fourth-order valence-electron chi connectivity index (χ4n) is 2.77. The van der Waals surface area contributed by atoms with Crippen LogP contribution in [0.25, 0.3) is 11.1 Å². The number of thioether (sulfide) groups is 1. The molecule has 0 saturated heterocycles. The molecular weight excluding hydrogens is 360 g/mol. The van der Waals surface area contributed by atoms with E-state index >= 15 is 0 Å². The number of aliphatic imine (C=N–C) groups is 1. The molecule has 2 aromatic carbocycles. The number of hydrogen-bond donors (Lipinski definition) is 0. The molecule has 0 aliphatic carbocycles. The number of nitrogens with zero attached hydrogens (tertiary/aromatic N) is 2. The summed E-state index contributed by atoms with van der Waals surface area (Å²) in [5, 5.41) is 1.31. The maximum atomic E-state index is 12.6. The SMILES string of the molecule is O=C(c1ccc2c(c1)oc(=O)n2CC1=NCCS1)c1ccccc1Cl. The first-order chi connectivity index (χ1) is 12.1. The first-order valence-electron chi connectivity index (χ1n) is 7.72. The van der Waals surface area contributed by atoms with E-state index in [2.05, 4.69) is 4.99 Å². The molecule has 3 aromatic rings. The smallest absolute Gasteiger partial charge is 0.408 e. The van der Waals surface area contributed by atoms with Gasteiger partial charge in [0.05, 0.1) is 22.1 Å². The van der Waals surface area contributed by atoms with Gasteiger partial charge < -0.3 is 4.42 Å². The molecule has 7 heteroatoms. The number of aromatic nitrogens is 1. The van der Waals surface area contributed by atoms with Crippen molar-refractivity contribution in [2.75, 3.05) is 12.3 Å². The van der Waals surface area contributed by atoms with Crippen molar-refractivity contribution in [2.45, 2.75) is 6.54 Å². The third-order valence-corrected chi connectivity index (χ3v) is 5.30. The topological polar surface area (TPSA) is 64.6 Å². The highest BCUT2D eigenvalue weighted by Crippen LogP contribution is 2.23. The lowest BCUT2D eigenvalue weighted by molar-refractivity contribution is 0.103. The van der Waals surface area contributed by atoms with Gasteiger partial charge in [0, 0.05) is 23.4 Å². The van der Waals surface area contributed by atoms with Gasteiger partial charge in [0.15, 0.2) is 11.4 Å². The van der Waals surface area contributed by atoms with E-state index in [9.17, 15) is 9.59 Å². The molecule has 0 atom stereocenters. The first-order valence-corrected chi connectivity index (χ1v) is 9.08. The normalized spacial score (nSPS) is 14.0. The number of ketones is 1. The minimum atomic E-state index is -0.451. The van der Waals surface area contributed by atoms with Gasteiger partial charge in [-0.3, -0.25) is 14.4 Å². The highest BCUT2D eigenvalue weighted by Gasteiger charge is 2.17. The van der Waals surface area contributed by atoms with Gasteiger partial charge in [-0.1, -0.05) is 23.7 Å². The van der Waals surface area contributed by atoms with Crippen LogP contribution in [0.3, 0.4) is 0 Å². The van der Waals surface area contributed by atoms with Gasteiger partial charge in [-0.15, -0.1) is 11.8 Å². The zero-order chi connectivity index (χ0) is 17.4. The van der Waals surface area contributed by atoms with Gasteiger partial charge in [-0.2, -0.15) is 0 Å². The molecule has 0 spiro atoms. The average Bonchev–Trinajstić information content (AvgIpc) is 3.23. The Balaban J connectivity index is 1.73. The first kappa shape index (κ1) is 16.2. The lowest BCUT2D eigenvalue weighted by Gasteiger charge is -2.04. The second-order valence-electron chi connectivity index (χ2n) is 5.57. The highest BCUT2D eigenvalue weighted by atomic mass is 35.5. The van der Waals surface area contributed by atoms with Crippen molar-refractivity contribution >= 4 is 45.3 Å². The third kappa shape index (κ3) is 3.03. The van der Waals surface area contributed by atoms with Crippen LogP contribution in [0, 0.1) is 0 Å². The Labute approximate surface area is 152 Å². The summed E-state index contributed by atoms with van der Waals surface area (Å²) in [5.74, 6) is 0.280. The number of oxazole rings is 1. The van der Waals surface area contributed by atoms with Crippen LogP contribution < -0.4 is 5.76 Å². The molecular formula is C18H13ClN2O3S. The minimum absolute atomic E-state index is 0.210. The molecule has 2 heterocycles. The molecule has 0 amide bonds. The Kier molecular flexibility index (Phi) is 4.23. The maximum absolute atomic E-state index is 12.6. The zero-order valence-electron chi connectivity index (χ0n) is 13.1. The van der Waals surface area contributed by atoms with Crippen molar-refractivity contribution in [3.63, 3.8) is 0 Å². The highest BCUT2D eigenvalue weighted by molar-refractivity contribution is 8.14. The van der Waals surface area contributed by atoms with Crippen molar-refractivity contribution in [2.24, 2.45) is 4.99 Å². The summed E-state index contributed by atoms with van der Waals surface area (Å²) in [7, 11) is 0. The standard InChI is InChI=1S/C18H13ClN2O3S/c19-13-4-2-1-3-12(13)17(22)11-5-6-14-15(9-11)24-18(23)21(14)10-16-20-7-8-25-16/h1-6,9H,7-8,10H2. The molecule has 0 saturated carbocycles. The predicted molar refractivity (Wildman–Crippen MR) is 100 cm³/mol. The number of fused-ring (bicyclic) bond motifs is 1. The number of rotatable bonds is 4. The van der Waals surface area contributed by atoms with Crippen LogP contribution in [0.5, 0.6) is 0 Å². The third-order valence-electron chi connectivity index (χ3n) is 3.99. The molecule has 0 N–H and O–H groups in total. The molecule has 1 aliphatic rings. The van der Waals surface area contributed by atoms with Crippen molar-refractivity contribution in [1.82, 2.24) is 4.57 Å². The van der Waals surface area contributed by atoms with Crippen molar-refractivity contribution in [3.8, 4) is 0 Å². The number of carbonyl (C=O) groups is 1. The summed E-state index contributed by atoms with van der Waals surface area (Å²) in [6, 6.07) is 11.9. The molecule has 0 unspecified atom stereocenters. The molecule has 0 fully saturated rings. The van der Waals surface area contributed by atoms with Crippen LogP contribution in [0.2, 0.25) is 5.02 Å². The van der Waals surface area contributed by atoms with E-state index in [0.717, 1.165) is 17.3 Å². The van der Waals surface area contributed by atoms with Gasteiger partial charge >= 0.3 is 5.76 Å². The number of carbonyl (C=O) groups excluding carboxylic acids is 1. The summed E-state index contributed by atoms with van der Waals surface area (Å²) < 4.78 is 6.86. The maximum Gasteiger partial charge on any atom is 0.420 e. The fraction of sp³-hybridized carbons (Fsp3) is 0.167. The quantitative estimate of drug-likeness (QED) is 0.656. The summed E-state index contributed by atoms with van der Waals surface area (Å²) >= 11 is 7.74. The number of hydrogen-bond acceptors (Lipinski definition) is 5. The Morgan fingerprint density at radius 1 is 1.28 bits per heavy atom. The number of halogens is 1. The Morgan fingerprint density at radius 2 is 2.12 bits per heavy atom. The van der Waals surface area contributed by atoms with E-state index in [1.54, 1.807) is 54.2 Å². The van der Waals surface area contributed by atoms with Crippen LogP contribution in [-0.4, -0.2) is 27.7 Å². The second kappa shape index (κ2) is 6.54. The van der Waals surface area contributed by atoms with E-state index in [0.29, 0.717) is 33.8 Å². The molecule has 0 bridgehead atoms. The van der Waals surface area contributed by atoms with E-state index in [1.165, 1.54) is 4.57 Å². The summed E-state index contributed by atoms with van der Waals surface area (Å²) in [6.45, 7) is 1.18. The average molecular weight is 373 g/mol. The fourth-order valence-corrected chi connectivity index (χ4v) is 3.81. The largest absolute Gasteiger partial charge is 0.420 e. The molecule has 5 nitrogen and oxygen atoms in total. The minimum Gasteiger partial charge on any atom is -0.408 e. The van der Waals surface area contributed by atoms with Gasteiger partial charge in [0.25, 0.3) is 0 Å². The predicted octanol–water partition coefficient (Wildman–Crippen LogP) is 3.62. The molecule has 1 aromatic heterocycles. The van der Waals surface area contributed by atoms with Crippen LogP contribution in [0.4, 0.5) is 0 Å². The van der Waals surface area contributed by atoms with E-state index in [1.807, 2.05) is 0 Å².